The number of carbonyl (C=O) groups excluding carboxylic acids is 2. The average molecular weight is 353 g/mol. The Kier molecular flexibility index (Phi) is 5.39. The van der Waals surface area contributed by atoms with Gasteiger partial charge in [0.05, 0.1) is 6.54 Å². The van der Waals surface area contributed by atoms with Gasteiger partial charge in [0.25, 0.3) is 0 Å². The van der Waals surface area contributed by atoms with Gasteiger partial charge in [0.2, 0.25) is 11.8 Å². The smallest absolute Gasteiger partial charge is 0.241 e. The molecule has 0 heterocycles. The van der Waals surface area contributed by atoms with Crippen LogP contribution in [-0.2, 0) is 9.59 Å². The van der Waals surface area contributed by atoms with Crippen LogP contribution in [0.15, 0.2) is 28.7 Å². The second-order valence-electron chi connectivity index (χ2n) is 5.29. The number of likely N-dealkylation sites (N-methyl/N-ethyl adjacent to an activating group) is 1. The molecule has 2 amide bonds. The summed E-state index contributed by atoms with van der Waals surface area (Å²) in [5, 5.41) is 2.77. The number of carbonyl (C=O) groups is 2. The Morgan fingerprint density at radius 1 is 1.33 bits per heavy atom. The minimum atomic E-state index is -0.0204. The Morgan fingerprint density at radius 2 is 2.05 bits per heavy atom. The van der Waals surface area contributed by atoms with Gasteiger partial charge in [-0.15, -0.1) is 0 Å². The van der Waals surface area contributed by atoms with Crippen LogP contribution in [0.1, 0.15) is 31.7 Å². The molecule has 0 unspecified atom stereocenters. The summed E-state index contributed by atoms with van der Waals surface area (Å²) in [7, 11) is 0. The molecule has 114 valence electrons. The highest BCUT2D eigenvalue weighted by Gasteiger charge is 2.43. The molecule has 4 nitrogen and oxygen atoms in total. The summed E-state index contributed by atoms with van der Waals surface area (Å²) in [5.74, 6) is 0.253. The lowest BCUT2D eigenvalue weighted by Crippen LogP contribution is -2.40. The molecule has 0 radical (unpaired) electrons. The highest BCUT2D eigenvalue weighted by molar-refractivity contribution is 9.10. The monoisotopic (exact) mass is 352 g/mol. The maximum absolute atomic E-state index is 12.1. The molecule has 1 aliphatic rings. The molecule has 1 N–H and O–H groups in total. The number of rotatable bonds is 6. The standard InChI is InChI=1S/C16H21BrN2O2/c1-3-19(4-2)15(20)10-18-16(21)14-9-13(14)11-6-5-7-12(17)8-11/h5-8,13-14H,3-4,9-10H2,1-2H3,(H,18,21)/t13-,14+/m0/s1. The van der Waals surface area contributed by atoms with Gasteiger partial charge in [0, 0.05) is 23.5 Å². The van der Waals surface area contributed by atoms with Crippen LogP contribution in [0.5, 0.6) is 0 Å². The molecule has 0 aliphatic heterocycles. The van der Waals surface area contributed by atoms with E-state index in [1.54, 1.807) is 4.90 Å². The van der Waals surface area contributed by atoms with Crippen molar-refractivity contribution in [3.05, 3.63) is 34.3 Å². The van der Waals surface area contributed by atoms with Crippen molar-refractivity contribution in [2.75, 3.05) is 19.6 Å². The molecule has 2 rings (SSSR count). The van der Waals surface area contributed by atoms with E-state index < -0.39 is 0 Å². The van der Waals surface area contributed by atoms with E-state index in [4.69, 9.17) is 0 Å². The van der Waals surface area contributed by atoms with E-state index in [1.807, 2.05) is 32.0 Å². The highest BCUT2D eigenvalue weighted by Crippen LogP contribution is 2.47. The van der Waals surface area contributed by atoms with E-state index in [9.17, 15) is 9.59 Å². The largest absolute Gasteiger partial charge is 0.347 e. The number of hydrogen-bond acceptors (Lipinski definition) is 2. The fraction of sp³-hybridized carbons (Fsp3) is 0.500. The maximum atomic E-state index is 12.1. The zero-order valence-electron chi connectivity index (χ0n) is 12.4. The van der Waals surface area contributed by atoms with Crippen molar-refractivity contribution in [1.29, 1.82) is 0 Å². The van der Waals surface area contributed by atoms with E-state index in [0.717, 1.165) is 10.9 Å². The Morgan fingerprint density at radius 3 is 2.67 bits per heavy atom. The lowest BCUT2D eigenvalue weighted by molar-refractivity contribution is -0.132. The summed E-state index contributed by atoms with van der Waals surface area (Å²) < 4.78 is 1.03. The molecule has 1 aromatic carbocycles. The quantitative estimate of drug-likeness (QED) is 0.855. The van der Waals surface area contributed by atoms with Crippen LogP contribution >= 0.6 is 15.9 Å². The zero-order valence-corrected chi connectivity index (χ0v) is 14.0. The Bertz CT molecular complexity index is 529. The van der Waals surface area contributed by atoms with Crippen molar-refractivity contribution >= 4 is 27.7 Å². The third-order valence-electron chi connectivity index (χ3n) is 3.93. The first-order valence-corrected chi connectivity index (χ1v) is 8.17. The zero-order chi connectivity index (χ0) is 15.4. The first-order valence-electron chi connectivity index (χ1n) is 7.37. The van der Waals surface area contributed by atoms with Crippen molar-refractivity contribution in [3.63, 3.8) is 0 Å². The van der Waals surface area contributed by atoms with E-state index in [2.05, 4.69) is 27.3 Å². The summed E-state index contributed by atoms with van der Waals surface area (Å²) in [6.07, 6.45) is 0.863. The molecule has 0 saturated heterocycles. The third-order valence-corrected chi connectivity index (χ3v) is 4.43. The minimum absolute atomic E-state index is 0.00352. The molecule has 1 fully saturated rings. The fourth-order valence-corrected chi connectivity index (χ4v) is 2.99. The second kappa shape index (κ2) is 7.07. The summed E-state index contributed by atoms with van der Waals surface area (Å²) in [4.78, 5) is 25.7. The molecule has 2 atom stereocenters. The van der Waals surface area contributed by atoms with Crippen molar-refractivity contribution in [2.24, 2.45) is 5.92 Å². The van der Waals surface area contributed by atoms with Gasteiger partial charge < -0.3 is 10.2 Å². The molecular formula is C16H21BrN2O2. The van der Waals surface area contributed by atoms with E-state index in [1.165, 1.54) is 5.56 Å². The predicted molar refractivity (Wildman–Crippen MR) is 85.9 cm³/mol. The first-order chi connectivity index (χ1) is 10.1. The van der Waals surface area contributed by atoms with Crippen LogP contribution in [0.25, 0.3) is 0 Å². The fourth-order valence-electron chi connectivity index (χ4n) is 2.57. The van der Waals surface area contributed by atoms with Gasteiger partial charge >= 0.3 is 0 Å². The lowest BCUT2D eigenvalue weighted by atomic mass is 10.1. The van der Waals surface area contributed by atoms with Gasteiger partial charge in [-0.05, 0) is 43.9 Å². The van der Waals surface area contributed by atoms with Crippen LogP contribution in [0, 0.1) is 5.92 Å². The second-order valence-corrected chi connectivity index (χ2v) is 6.20. The van der Waals surface area contributed by atoms with Gasteiger partial charge in [0.1, 0.15) is 0 Å². The number of amides is 2. The van der Waals surface area contributed by atoms with Crippen molar-refractivity contribution in [3.8, 4) is 0 Å². The number of nitrogens with one attached hydrogen (secondary N) is 1. The normalized spacial score (nSPS) is 20.0. The number of halogens is 1. The van der Waals surface area contributed by atoms with E-state index >= 15 is 0 Å². The predicted octanol–water partition coefficient (Wildman–Crippen LogP) is 2.54. The molecular weight excluding hydrogens is 332 g/mol. The SMILES string of the molecule is CCN(CC)C(=O)CNC(=O)[C@@H]1C[C@H]1c1cccc(Br)c1. The number of hydrogen-bond donors (Lipinski definition) is 1. The lowest BCUT2D eigenvalue weighted by Gasteiger charge is -2.18. The molecule has 1 aromatic rings. The summed E-state index contributed by atoms with van der Waals surface area (Å²) in [6.45, 7) is 5.33. The van der Waals surface area contributed by atoms with Gasteiger partial charge in [0.15, 0.2) is 0 Å². The van der Waals surface area contributed by atoms with E-state index in [0.29, 0.717) is 13.1 Å². The Balaban J connectivity index is 1.82. The van der Waals surface area contributed by atoms with Gasteiger partial charge in [-0.25, -0.2) is 0 Å². The molecule has 0 aromatic heterocycles. The summed E-state index contributed by atoms with van der Waals surface area (Å²) in [6, 6.07) is 8.06. The van der Waals surface area contributed by atoms with Crippen molar-refractivity contribution in [2.45, 2.75) is 26.2 Å². The molecule has 0 bridgehead atoms. The van der Waals surface area contributed by atoms with Crippen molar-refractivity contribution < 1.29 is 9.59 Å². The number of nitrogens with zero attached hydrogens (tertiary/aromatic N) is 1. The third kappa shape index (κ3) is 4.06. The Labute approximate surface area is 134 Å². The number of benzene rings is 1. The average Bonchev–Trinajstić information content (AvgIpc) is 3.26. The first kappa shape index (κ1) is 16.0. The van der Waals surface area contributed by atoms with Crippen LogP contribution in [0.2, 0.25) is 0 Å². The topological polar surface area (TPSA) is 49.4 Å². The molecule has 1 aliphatic carbocycles. The van der Waals surface area contributed by atoms with Gasteiger partial charge in [-0.3, -0.25) is 9.59 Å². The summed E-state index contributed by atoms with van der Waals surface area (Å²) >= 11 is 3.45. The summed E-state index contributed by atoms with van der Waals surface area (Å²) in [5.41, 5.74) is 1.18. The van der Waals surface area contributed by atoms with Crippen LogP contribution in [0.4, 0.5) is 0 Å². The molecule has 21 heavy (non-hydrogen) atoms. The van der Waals surface area contributed by atoms with Crippen LogP contribution < -0.4 is 5.32 Å². The van der Waals surface area contributed by atoms with Gasteiger partial charge in [-0.2, -0.15) is 0 Å². The minimum Gasteiger partial charge on any atom is -0.347 e. The van der Waals surface area contributed by atoms with Crippen LogP contribution in [0.3, 0.4) is 0 Å². The highest BCUT2D eigenvalue weighted by atomic mass is 79.9. The van der Waals surface area contributed by atoms with Gasteiger partial charge in [-0.1, -0.05) is 28.1 Å². The molecule has 0 spiro atoms. The molecule has 1 saturated carbocycles. The van der Waals surface area contributed by atoms with Crippen molar-refractivity contribution in [1.82, 2.24) is 10.2 Å². The van der Waals surface area contributed by atoms with Crippen LogP contribution in [-0.4, -0.2) is 36.3 Å². The molecule has 5 heteroatoms. The van der Waals surface area contributed by atoms with E-state index in [-0.39, 0.29) is 30.2 Å². The Hall–Kier alpha value is -1.36. The maximum Gasteiger partial charge on any atom is 0.241 e.